The molecule has 0 spiro atoms. The van der Waals surface area contributed by atoms with Crippen molar-refractivity contribution in [3.05, 3.63) is 0 Å². The van der Waals surface area contributed by atoms with Gasteiger partial charge in [0.1, 0.15) is 0 Å². The van der Waals surface area contributed by atoms with E-state index in [1.165, 1.54) is 21.3 Å². The number of hydrogen-bond donors (Lipinski definition) is 0. The summed E-state index contributed by atoms with van der Waals surface area (Å²) in [5, 5.41) is -1.19. The maximum Gasteiger partial charge on any atom is 0.361 e. The maximum absolute atomic E-state index is 12.1. The molecule has 0 aromatic heterocycles. The Morgan fingerprint density at radius 1 is 1.33 bits per heavy atom. The second kappa shape index (κ2) is 4.28. The monoisotopic (exact) mass is 258 g/mol. The van der Waals surface area contributed by atoms with Gasteiger partial charge >= 0.3 is 15.2 Å². The molecule has 6 nitrogen and oxygen atoms in total. The van der Waals surface area contributed by atoms with Crippen LogP contribution in [0.2, 0.25) is 0 Å². The summed E-state index contributed by atoms with van der Waals surface area (Å²) in [6.07, 6.45) is 0.536. The zero-order valence-corrected chi connectivity index (χ0v) is 11.0. The lowest BCUT2D eigenvalue weighted by Gasteiger charge is -2.29. The molecule has 1 fully saturated rings. The number of rotatable bonds is 4. The minimum absolute atomic E-state index is 0.219. The van der Waals surface area contributed by atoms with E-state index in [9.17, 15) is 9.13 Å². The van der Waals surface area contributed by atoms with Crippen LogP contribution < -0.4 is 0 Å². The Hall–Kier alpha value is 0.300. The summed E-state index contributed by atoms with van der Waals surface area (Å²) in [4.78, 5) is 0. The normalized spacial score (nSPS) is 37.1. The Bertz CT molecular complexity index is 321. The van der Waals surface area contributed by atoms with E-state index in [1.54, 1.807) is 6.92 Å². The molecule has 1 aliphatic heterocycles. The van der Waals surface area contributed by atoms with Crippen molar-refractivity contribution in [1.29, 1.82) is 0 Å². The molecule has 1 rings (SSSR count). The van der Waals surface area contributed by atoms with Crippen LogP contribution in [-0.2, 0) is 27.2 Å². The third kappa shape index (κ3) is 2.21. The predicted octanol–water partition coefficient (Wildman–Crippen LogP) is 2.45. The van der Waals surface area contributed by atoms with E-state index in [0.717, 1.165) is 0 Å². The van der Waals surface area contributed by atoms with Gasteiger partial charge in [0.05, 0.1) is 6.16 Å². The molecule has 2 atom stereocenters. The summed E-state index contributed by atoms with van der Waals surface area (Å²) in [5.74, 6) is 0. The molecule has 0 aromatic rings. The van der Waals surface area contributed by atoms with Gasteiger partial charge in [0.2, 0.25) is 0 Å². The SMILES string of the molecule is COP1(=O)CCC(C)(P(=O)(OC)OC)O1. The summed E-state index contributed by atoms with van der Waals surface area (Å²) < 4.78 is 43.7. The zero-order valence-electron chi connectivity index (χ0n) is 9.26. The van der Waals surface area contributed by atoms with E-state index in [0.29, 0.717) is 6.42 Å². The molecule has 0 amide bonds. The first kappa shape index (κ1) is 13.4. The summed E-state index contributed by atoms with van der Waals surface area (Å²) >= 11 is 0. The van der Waals surface area contributed by atoms with Crippen LogP contribution in [0.5, 0.6) is 0 Å². The lowest BCUT2D eigenvalue weighted by atomic mass is 10.3. The fourth-order valence-corrected chi connectivity index (χ4v) is 5.51. The standard InChI is InChI=1S/C7H16O6P2/c1-7(15(9,11-3)12-4)5-6-14(8,10-2)13-7/h5-6H2,1-4H3. The molecule has 0 aliphatic carbocycles. The van der Waals surface area contributed by atoms with Gasteiger partial charge in [-0.15, -0.1) is 0 Å². The molecule has 2 unspecified atom stereocenters. The van der Waals surface area contributed by atoms with Crippen molar-refractivity contribution in [3.8, 4) is 0 Å². The average Bonchev–Trinajstić information content (AvgIpc) is 2.56. The molecule has 0 aromatic carbocycles. The van der Waals surface area contributed by atoms with Crippen molar-refractivity contribution < 1.29 is 27.2 Å². The largest absolute Gasteiger partial charge is 0.361 e. The lowest BCUT2D eigenvalue weighted by Crippen LogP contribution is -2.24. The Kier molecular flexibility index (Phi) is 3.82. The van der Waals surface area contributed by atoms with Crippen LogP contribution in [0.25, 0.3) is 0 Å². The number of hydrogen-bond acceptors (Lipinski definition) is 6. The van der Waals surface area contributed by atoms with E-state index in [2.05, 4.69) is 0 Å². The van der Waals surface area contributed by atoms with Crippen LogP contribution >= 0.6 is 15.2 Å². The fraction of sp³-hybridized carbons (Fsp3) is 1.00. The highest BCUT2D eigenvalue weighted by Gasteiger charge is 2.56. The van der Waals surface area contributed by atoms with Gasteiger partial charge < -0.3 is 13.6 Å². The second-order valence-corrected chi connectivity index (χ2v) is 8.28. The van der Waals surface area contributed by atoms with Crippen molar-refractivity contribution >= 4 is 15.2 Å². The van der Waals surface area contributed by atoms with E-state index in [-0.39, 0.29) is 6.16 Å². The Balaban J connectivity index is 2.97. The molecule has 1 heterocycles. The van der Waals surface area contributed by atoms with Gasteiger partial charge in [-0.1, -0.05) is 0 Å². The average molecular weight is 258 g/mol. The molecule has 0 radical (unpaired) electrons. The molecular weight excluding hydrogens is 242 g/mol. The molecule has 0 N–H and O–H groups in total. The Labute approximate surface area is 89.3 Å². The first-order valence-corrected chi connectivity index (χ1v) is 7.69. The highest BCUT2D eigenvalue weighted by molar-refractivity contribution is 7.59. The van der Waals surface area contributed by atoms with Crippen molar-refractivity contribution in [1.82, 2.24) is 0 Å². The highest BCUT2D eigenvalue weighted by Crippen LogP contribution is 2.71. The van der Waals surface area contributed by atoms with Gasteiger partial charge in [-0.3, -0.25) is 13.7 Å². The third-order valence-electron chi connectivity index (χ3n) is 2.52. The van der Waals surface area contributed by atoms with Crippen LogP contribution in [-0.4, -0.2) is 32.8 Å². The van der Waals surface area contributed by atoms with Crippen LogP contribution in [0, 0.1) is 0 Å². The summed E-state index contributed by atoms with van der Waals surface area (Å²) in [6.45, 7) is 1.56. The molecule has 0 saturated carbocycles. The quantitative estimate of drug-likeness (QED) is 0.721. The van der Waals surface area contributed by atoms with Crippen LogP contribution in [0.4, 0.5) is 0 Å². The summed E-state index contributed by atoms with van der Waals surface area (Å²) in [7, 11) is -2.69. The van der Waals surface area contributed by atoms with Gasteiger partial charge in [0, 0.05) is 21.3 Å². The van der Waals surface area contributed by atoms with Crippen LogP contribution in [0.1, 0.15) is 13.3 Å². The van der Waals surface area contributed by atoms with E-state index in [4.69, 9.17) is 18.1 Å². The fourth-order valence-electron chi connectivity index (χ4n) is 1.51. The van der Waals surface area contributed by atoms with Crippen LogP contribution in [0.3, 0.4) is 0 Å². The first-order chi connectivity index (χ1) is 6.85. The third-order valence-corrected chi connectivity index (χ3v) is 7.11. The Morgan fingerprint density at radius 2 is 1.87 bits per heavy atom. The molecule has 15 heavy (non-hydrogen) atoms. The molecule has 0 bridgehead atoms. The first-order valence-electron chi connectivity index (χ1n) is 4.42. The summed E-state index contributed by atoms with van der Waals surface area (Å²) in [6, 6.07) is 0. The maximum atomic E-state index is 12.1. The van der Waals surface area contributed by atoms with Crippen LogP contribution in [0.15, 0.2) is 0 Å². The zero-order chi connectivity index (χ0) is 11.7. The smallest absolute Gasteiger partial charge is 0.312 e. The molecule has 1 saturated heterocycles. The van der Waals surface area contributed by atoms with Crippen molar-refractivity contribution in [2.24, 2.45) is 0 Å². The minimum Gasteiger partial charge on any atom is -0.312 e. The van der Waals surface area contributed by atoms with Crippen molar-refractivity contribution in [2.75, 3.05) is 27.5 Å². The molecule has 90 valence electrons. The highest BCUT2D eigenvalue weighted by atomic mass is 31.2. The van der Waals surface area contributed by atoms with E-state index >= 15 is 0 Å². The summed E-state index contributed by atoms with van der Waals surface area (Å²) in [5.41, 5.74) is 0. The minimum atomic E-state index is -3.41. The van der Waals surface area contributed by atoms with Gasteiger partial charge in [-0.05, 0) is 13.3 Å². The van der Waals surface area contributed by atoms with Crippen molar-refractivity contribution in [2.45, 2.75) is 18.7 Å². The van der Waals surface area contributed by atoms with Crippen molar-refractivity contribution in [3.63, 3.8) is 0 Å². The Morgan fingerprint density at radius 3 is 2.20 bits per heavy atom. The molecular formula is C7H16O6P2. The van der Waals surface area contributed by atoms with Gasteiger partial charge in [0.25, 0.3) is 0 Å². The van der Waals surface area contributed by atoms with Gasteiger partial charge in [-0.25, -0.2) is 0 Å². The van der Waals surface area contributed by atoms with Gasteiger partial charge in [-0.2, -0.15) is 0 Å². The predicted molar refractivity (Wildman–Crippen MR) is 55.2 cm³/mol. The topological polar surface area (TPSA) is 71.1 Å². The molecule has 8 heteroatoms. The lowest BCUT2D eigenvalue weighted by molar-refractivity contribution is 0.119. The van der Waals surface area contributed by atoms with Gasteiger partial charge in [0.15, 0.2) is 5.34 Å². The van der Waals surface area contributed by atoms with E-state index < -0.39 is 20.5 Å². The van der Waals surface area contributed by atoms with E-state index in [1.807, 2.05) is 0 Å². The molecule has 1 aliphatic rings. The second-order valence-electron chi connectivity index (χ2n) is 3.40.